The number of rotatable bonds is 6. The predicted octanol–water partition coefficient (Wildman–Crippen LogP) is 11.2. The van der Waals surface area contributed by atoms with Gasteiger partial charge >= 0.3 is 274 Å². The molecular formula is C45H29N3Se. The van der Waals surface area contributed by atoms with Gasteiger partial charge in [-0.1, -0.05) is 18.2 Å². The molecule has 0 radical (unpaired) electrons. The molecule has 0 N–H and O–H groups in total. The molecule has 0 atom stereocenters. The smallest absolute Gasteiger partial charge is 0.0617 e. The first-order chi connectivity index (χ1) is 24.3. The Bertz CT molecular complexity index is 2590. The third-order valence-electron chi connectivity index (χ3n) is 9.24. The molecule has 0 saturated heterocycles. The fraction of sp³-hybridized carbons (Fsp3) is 0. The molecule has 0 bridgehead atoms. The van der Waals surface area contributed by atoms with Gasteiger partial charge in [0.05, 0.1) is 0 Å². The molecular weight excluding hydrogens is 661 g/mol. The molecule has 9 rings (SSSR count). The van der Waals surface area contributed by atoms with Gasteiger partial charge in [-0.15, -0.1) is 0 Å². The summed E-state index contributed by atoms with van der Waals surface area (Å²) in [5.74, 6) is 0. The number of benzene rings is 7. The van der Waals surface area contributed by atoms with Gasteiger partial charge in [0.25, 0.3) is 0 Å². The molecule has 0 aliphatic rings. The van der Waals surface area contributed by atoms with Crippen molar-refractivity contribution in [3.05, 3.63) is 176 Å². The second-order valence-corrected chi connectivity index (χ2v) is 14.3. The van der Waals surface area contributed by atoms with E-state index in [1.807, 2.05) is 6.07 Å². The van der Waals surface area contributed by atoms with Gasteiger partial charge in [0.1, 0.15) is 0 Å². The van der Waals surface area contributed by atoms with Crippen LogP contribution in [0.4, 0.5) is 0 Å². The molecule has 7 aromatic carbocycles. The standard InChI is InChI=1S/C45H29N3Se/c1-3-14-30(15-4-1)32-18-7-8-19-34(32)35-20-9-10-21-36(35)44-33(31-16-5-2-6-17-31)26-27-38(45(44)40-28-29-46-48-47-40)37-23-13-25-42-43(37)39-22-11-12-24-41(39)49-42/h1-29H. The summed E-state index contributed by atoms with van der Waals surface area (Å²) in [6.07, 6.45) is 1.75. The van der Waals surface area contributed by atoms with E-state index in [-0.39, 0.29) is 14.5 Å². The zero-order valence-electron chi connectivity index (χ0n) is 26.5. The van der Waals surface area contributed by atoms with E-state index in [1.165, 1.54) is 41.5 Å². The molecule has 0 spiro atoms. The Kier molecular flexibility index (Phi) is 7.51. The predicted molar refractivity (Wildman–Crippen MR) is 204 cm³/mol. The molecule has 3 nitrogen and oxygen atoms in total. The maximum absolute atomic E-state index is 4.70. The molecule has 2 aromatic heterocycles. The average molecular weight is 691 g/mol. The van der Waals surface area contributed by atoms with Crippen molar-refractivity contribution in [2.24, 2.45) is 0 Å². The number of fused-ring (bicyclic) bond motifs is 3. The number of aromatic nitrogens is 3. The Morgan fingerprint density at radius 1 is 0.367 bits per heavy atom. The minimum absolute atomic E-state index is 0.249. The first-order valence-corrected chi connectivity index (χ1v) is 18.1. The zero-order chi connectivity index (χ0) is 32.6. The summed E-state index contributed by atoms with van der Waals surface area (Å²) in [6.45, 7) is 0. The Balaban J connectivity index is 1.42. The second kappa shape index (κ2) is 12.6. The molecule has 0 unspecified atom stereocenters. The summed E-state index contributed by atoms with van der Waals surface area (Å²) in [5, 5.41) is 15.6. The van der Waals surface area contributed by atoms with Gasteiger partial charge in [-0.25, -0.2) is 0 Å². The van der Waals surface area contributed by atoms with Gasteiger partial charge in [0, 0.05) is 0 Å². The van der Waals surface area contributed by atoms with E-state index in [1.54, 1.807) is 6.20 Å². The van der Waals surface area contributed by atoms with Crippen LogP contribution in [0.5, 0.6) is 0 Å². The van der Waals surface area contributed by atoms with Crippen LogP contribution >= 0.6 is 0 Å². The van der Waals surface area contributed by atoms with E-state index in [4.69, 9.17) is 5.10 Å². The second-order valence-electron chi connectivity index (χ2n) is 12.0. The molecule has 0 saturated carbocycles. The van der Waals surface area contributed by atoms with E-state index in [2.05, 4.69) is 174 Å². The average Bonchev–Trinajstić information content (AvgIpc) is 3.57. The molecule has 49 heavy (non-hydrogen) atoms. The molecule has 0 aliphatic carbocycles. The fourth-order valence-electron chi connectivity index (χ4n) is 7.13. The van der Waals surface area contributed by atoms with Crippen LogP contribution < -0.4 is 0 Å². The minimum atomic E-state index is 0.249. The summed E-state index contributed by atoms with van der Waals surface area (Å²) in [4.78, 5) is 0. The number of hydrogen-bond acceptors (Lipinski definition) is 3. The van der Waals surface area contributed by atoms with Crippen LogP contribution in [-0.2, 0) is 0 Å². The van der Waals surface area contributed by atoms with E-state index in [9.17, 15) is 0 Å². The summed E-state index contributed by atoms with van der Waals surface area (Å²) in [7, 11) is 0. The van der Waals surface area contributed by atoms with Gasteiger partial charge < -0.3 is 0 Å². The van der Waals surface area contributed by atoms with Crippen molar-refractivity contribution in [3.63, 3.8) is 0 Å². The SMILES string of the molecule is c1ccc(-c2ccccc2-c2ccccc2-c2c(-c3ccccc3)ccc(-c3cccc4[se]c5ccccc5c34)c2-c2ccnnn2)cc1. The zero-order valence-corrected chi connectivity index (χ0v) is 28.2. The quantitative estimate of drug-likeness (QED) is 0.163. The molecule has 230 valence electrons. The first-order valence-electron chi connectivity index (χ1n) is 16.4. The molecule has 0 amide bonds. The summed E-state index contributed by atoms with van der Waals surface area (Å²) >= 11 is 0.249. The molecule has 4 heteroatoms. The third-order valence-corrected chi connectivity index (χ3v) is 11.6. The van der Waals surface area contributed by atoms with Crippen molar-refractivity contribution in [1.29, 1.82) is 0 Å². The van der Waals surface area contributed by atoms with Crippen molar-refractivity contribution in [1.82, 2.24) is 15.4 Å². The van der Waals surface area contributed by atoms with E-state index < -0.39 is 0 Å². The van der Waals surface area contributed by atoms with Crippen LogP contribution in [0.3, 0.4) is 0 Å². The Labute approximate surface area is 290 Å². The minimum Gasteiger partial charge on any atom is -0.0617 e. The molecule has 0 aliphatic heterocycles. The normalized spacial score (nSPS) is 11.3. The Morgan fingerprint density at radius 2 is 0.939 bits per heavy atom. The summed E-state index contributed by atoms with van der Waals surface area (Å²) < 4.78 is 2.83. The monoisotopic (exact) mass is 691 g/mol. The van der Waals surface area contributed by atoms with Gasteiger partial charge in [-0.2, -0.15) is 0 Å². The Morgan fingerprint density at radius 3 is 1.67 bits per heavy atom. The van der Waals surface area contributed by atoms with E-state index in [0.717, 1.165) is 44.6 Å². The first kappa shape index (κ1) is 29.2. The van der Waals surface area contributed by atoms with Crippen LogP contribution in [-0.4, -0.2) is 29.9 Å². The van der Waals surface area contributed by atoms with Gasteiger partial charge in [0.2, 0.25) is 0 Å². The topological polar surface area (TPSA) is 38.7 Å². The van der Waals surface area contributed by atoms with Crippen molar-refractivity contribution in [2.75, 3.05) is 0 Å². The number of nitrogens with zero attached hydrogens (tertiary/aromatic N) is 3. The van der Waals surface area contributed by atoms with Gasteiger partial charge in [-0.3, -0.25) is 0 Å². The molecule has 0 fully saturated rings. The fourth-order valence-corrected chi connectivity index (χ4v) is 9.50. The van der Waals surface area contributed by atoms with Crippen LogP contribution in [0.2, 0.25) is 0 Å². The van der Waals surface area contributed by atoms with Crippen LogP contribution in [0.25, 0.3) is 86.2 Å². The van der Waals surface area contributed by atoms with Gasteiger partial charge in [0.15, 0.2) is 0 Å². The van der Waals surface area contributed by atoms with Crippen molar-refractivity contribution >= 4 is 33.8 Å². The number of hydrogen-bond donors (Lipinski definition) is 0. The van der Waals surface area contributed by atoms with Crippen LogP contribution in [0.1, 0.15) is 0 Å². The van der Waals surface area contributed by atoms with Crippen molar-refractivity contribution in [3.8, 4) is 66.9 Å². The van der Waals surface area contributed by atoms with Gasteiger partial charge in [-0.05, 0) is 0 Å². The van der Waals surface area contributed by atoms with Crippen molar-refractivity contribution in [2.45, 2.75) is 0 Å². The summed E-state index contributed by atoms with van der Waals surface area (Å²) in [5.41, 5.74) is 13.4. The molecule has 9 aromatic rings. The third kappa shape index (κ3) is 5.19. The van der Waals surface area contributed by atoms with Crippen LogP contribution in [0, 0.1) is 0 Å². The van der Waals surface area contributed by atoms with Crippen LogP contribution in [0.15, 0.2) is 176 Å². The van der Waals surface area contributed by atoms with E-state index >= 15 is 0 Å². The maximum atomic E-state index is 4.70. The Hall–Kier alpha value is -5.93. The van der Waals surface area contributed by atoms with Crippen molar-refractivity contribution < 1.29 is 0 Å². The molecule has 2 heterocycles. The van der Waals surface area contributed by atoms with E-state index in [0.29, 0.717) is 0 Å². The summed E-state index contributed by atoms with van der Waals surface area (Å²) in [6, 6.07) is 61.0.